The Bertz CT molecular complexity index is 1330. The number of H-pyrrole nitrogens is 1. The van der Waals surface area contributed by atoms with Crippen LogP contribution in [-0.2, 0) is 49.3 Å². The first kappa shape index (κ1) is 34.3. The summed E-state index contributed by atoms with van der Waals surface area (Å²) in [6, 6.07) is 5.71. The molecule has 242 valence electrons. The Morgan fingerprint density at radius 2 is 1.59 bits per heavy atom. The normalized spacial score (nSPS) is 21.3. The third-order valence-electron chi connectivity index (χ3n) is 6.68. The first-order valence-corrected chi connectivity index (χ1v) is 14.3. The molecule has 1 aliphatic heterocycles. The van der Waals surface area contributed by atoms with Gasteiger partial charge in [0.15, 0.2) is 12.2 Å². The van der Waals surface area contributed by atoms with Crippen LogP contribution in [0.1, 0.15) is 69.8 Å². The molecular weight excluding hydrogens is 578 g/mol. The van der Waals surface area contributed by atoms with Crippen molar-refractivity contribution in [3.63, 3.8) is 0 Å². The van der Waals surface area contributed by atoms with Crippen LogP contribution in [0.25, 0.3) is 0 Å². The number of aromatic amines is 1. The van der Waals surface area contributed by atoms with E-state index >= 15 is 0 Å². The fourth-order valence-electron chi connectivity index (χ4n) is 4.82. The average Bonchev–Trinajstić information content (AvgIpc) is 3.32. The van der Waals surface area contributed by atoms with Crippen molar-refractivity contribution in [3.05, 3.63) is 40.6 Å². The number of esters is 4. The van der Waals surface area contributed by atoms with Gasteiger partial charge in [0.05, 0.1) is 0 Å². The molecule has 2 heterocycles. The van der Waals surface area contributed by atoms with E-state index in [9.17, 15) is 19.2 Å². The fraction of sp³-hybridized carbons (Fsp3) is 0.567. The maximum absolute atomic E-state index is 12.2. The van der Waals surface area contributed by atoms with Crippen molar-refractivity contribution in [2.45, 2.75) is 91.5 Å². The summed E-state index contributed by atoms with van der Waals surface area (Å²) in [4.78, 5) is 48.0. The molecule has 0 amide bonds. The first-order chi connectivity index (χ1) is 20.8. The van der Waals surface area contributed by atoms with Crippen LogP contribution in [0, 0.1) is 6.92 Å². The minimum Gasteiger partial charge on any atom is -0.492 e. The Morgan fingerprint density at radius 1 is 0.955 bits per heavy atom. The molecule has 14 nitrogen and oxygen atoms in total. The SMILES string of the molecule is CC(=O)OC[C@H]1OC(Oc2n[nH]c(C(C)C)c2Cc2ccc(OCCN)cc2C)[C@H](OC(C)=O)[C@@H](OC(C)=O)[C@@H]1OC(C)=O. The number of nitrogens with one attached hydrogen (secondary N) is 1. The summed E-state index contributed by atoms with van der Waals surface area (Å²) >= 11 is 0. The third-order valence-corrected chi connectivity index (χ3v) is 6.68. The number of carbonyl (C=O) groups is 4. The molecule has 1 unspecified atom stereocenters. The van der Waals surface area contributed by atoms with Gasteiger partial charge in [0.2, 0.25) is 18.3 Å². The second kappa shape index (κ2) is 15.5. The number of aromatic nitrogens is 2. The van der Waals surface area contributed by atoms with E-state index in [-0.39, 0.29) is 18.4 Å². The molecule has 1 aliphatic rings. The molecule has 3 rings (SSSR count). The van der Waals surface area contributed by atoms with Gasteiger partial charge in [0.1, 0.15) is 25.1 Å². The largest absolute Gasteiger partial charge is 0.492 e. The summed E-state index contributed by atoms with van der Waals surface area (Å²) in [6.45, 7) is 11.0. The maximum atomic E-state index is 12.2. The summed E-state index contributed by atoms with van der Waals surface area (Å²) in [5, 5.41) is 7.42. The minimum absolute atomic E-state index is 0.0257. The van der Waals surface area contributed by atoms with E-state index in [1.54, 1.807) is 0 Å². The summed E-state index contributed by atoms with van der Waals surface area (Å²) in [6.07, 6.45) is -6.21. The van der Waals surface area contributed by atoms with Crippen molar-refractivity contribution in [1.82, 2.24) is 10.2 Å². The lowest BCUT2D eigenvalue weighted by Gasteiger charge is -2.43. The monoisotopic (exact) mass is 619 g/mol. The van der Waals surface area contributed by atoms with Gasteiger partial charge in [-0.3, -0.25) is 24.3 Å². The highest BCUT2D eigenvalue weighted by Crippen LogP contribution is 2.34. The van der Waals surface area contributed by atoms with Gasteiger partial charge in [0, 0.05) is 51.9 Å². The van der Waals surface area contributed by atoms with Gasteiger partial charge in [0.25, 0.3) is 0 Å². The van der Waals surface area contributed by atoms with Gasteiger partial charge in [-0.05, 0) is 36.1 Å². The van der Waals surface area contributed by atoms with Crippen molar-refractivity contribution in [2.75, 3.05) is 19.8 Å². The summed E-state index contributed by atoms with van der Waals surface area (Å²) in [5.74, 6) is -1.95. The van der Waals surface area contributed by atoms with Crippen LogP contribution in [0.4, 0.5) is 0 Å². The summed E-state index contributed by atoms with van der Waals surface area (Å²) < 4.78 is 39.6. The standard InChI is InChI=1S/C30H41N3O11/c1-15(2)25-23(13-21-8-9-22(12-16(21)3)38-11-10-31)29(33-32-25)44-30-28(42-20(7)37)27(41-19(6)36)26(40-18(5)35)24(43-30)14-39-17(4)34/h8-9,12,15,24,26-28,30H,10-11,13-14,31H2,1-7H3,(H,32,33)/t24-,26-,27+,28-,30?/m1/s1. The van der Waals surface area contributed by atoms with Crippen LogP contribution in [0.5, 0.6) is 11.6 Å². The van der Waals surface area contributed by atoms with Crippen molar-refractivity contribution in [1.29, 1.82) is 0 Å². The lowest BCUT2D eigenvalue weighted by molar-refractivity contribution is -0.289. The smallest absolute Gasteiger partial charge is 0.303 e. The molecule has 1 aromatic carbocycles. The number of benzene rings is 1. The number of aryl methyl sites for hydroxylation is 1. The Morgan fingerprint density at radius 3 is 2.16 bits per heavy atom. The molecule has 0 aliphatic carbocycles. The number of nitrogens with zero attached hydrogens (tertiary/aromatic N) is 1. The second-order valence-electron chi connectivity index (χ2n) is 10.7. The zero-order valence-corrected chi connectivity index (χ0v) is 26.0. The Balaban J connectivity index is 2.03. The molecule has 2 aromatic rings. The first-order valence-electron chi connectivity index (χ1n) is 14.3. The van der Waals surface area contributed by atoms with Crippen molar-refractivity contribution in [2.24, 2.45) is 5.73 Å². The second-order valence-corrected chi connectivity index (χ2v) is 10.7. The molecule has 1 fully saturated rings. The molecule has 0 spiro atoms. The predicted octanol–water partition coefficient (Wildman–Crippen LogP) is 2.23. The number of carbonyl (C=O) groups excluding carboxylic acids is 4. The van der Waals surface area contributed by atoms with Crippen LogP contribution in [0.15, 0.2) is 18.2 Å². The van der Waals surface area contributed by atoms with Gasteiger partial charge in [-0.15, -0.1) is 5.10 Å². The van der Waals surface area contributed by atoms with E-state index in [4.69, 9.17) is 38.9 Å². The van der Waals surface area contributed by atoms with Crippen molar-refractivity contribution < 1.29 is 52.3 Å². The maximum Gasteiger partial charge on any atom is 0.303 e. The lowest BCUT2D eigenvalue weighted by Crippen LogP contribution is -2.63. The van der Waals surface area contributed by atoms with Crippen LogP contribution < -0.4 is 15.2 Å². The quantitative estimate of drug-likeness (QED) is 0.246. The zero-order chi connectivity index (χ0) is 32.6. The number of ether oxygens (including phenoxy) is 7. The fourth-order valence-corrected chi connectivity index (χ4v) is 4.82. The molecule has 3 N–H and O–H groups in total. The summed E-state index contributed by atoms with van der Waals surface area (Å²) in [5.41, 5.74) is 9.01. The molecule has 1 aromatic heterocycles. The van der Waals surface area contributed by atoms with Crippen LogP contribution in [0.3, 0.4) is 0 Å². The predicted molar refractivity (Wildman–Crippen MR) is 154 cm³/mol. The molecular formula is C30H41N3O11. The number of hydrogen-bond donors (Lipinski definition) is 2. The Kier molecular flexibility index (Phi) is 12.1. The molecule has 1 saturated heterocycles. The van der Waals surface area contributed by atoms with Crippen LogP contribution in [0.2, 0.25) is 0 Å². The zero-order valence-electron chi connectivity index (χ0n) is 26.0. The number of hydrogen-bond acceptors (Lipinski definition) is 13. The van der Waals surface area contributed by atoms with E-state index < -0.39 is 54.6 Å². The average molecular weight is 620 g/mol. The van der Waals surface area contributed by atoms with Gasteiger partial charge < -0.3 is 38.9 Å². The topological polar surface area (TPSA) is 188 Å². The number of nitrogens with two attached hydrogens (primary N) is 1. The van der Waals surface area contributed by atoms with Gasteiger partial charge >= 0.3 is 23.9 Å². The highest BCUT2D eigenvalue weighted by molar-refractivity contribution is 5.68. The van der Waals surface area contributed by atoms with Crippen LogP contribution in [-0.4, -0.2) is 84.5 Å². The highest BCUT2D eigenvalue weighted by Gasteiger charge is 2.53. The number of rotatable bonds is 13. The summed E-state index contributed by atoms with van der Waals surface area (Å²) in [7, 11) is 0. The molecule has 14 heteroatoms. The highest BCUT2D eigenvalue weighted by atomic mass is 16.7. The minimum atomic E-state index is -1.41. The molecule has 0 bridgehead atoms. The van der Waals surface area contributed by atoms with E-state index in [1.165, 1.54) is 6.92 Å². The van der Waals surface area contributed by atoms with Gasteiger partial charge in [-0.25, -0.2) is 0 Å². The Labute approximate surface area is 255 Å². The van der Waals surface area contributed by atoms with Crippen molar-refractivity contribution >= 4 is 23.9 Å². The molecule has 5 atom stereocenters. The van der Waals surface area contributed by atoms with Gasteiger partial charge in [-0.2, -0.15) is 0 Å². The van der Waals surface area contributed by atoms with E-state index in [0.717, 1.165) is 37.6 Å². The van der Waals surface area contributed by atoms with Crippen molar-refractivity contribution in [3.8, 4) is 11.6 Å². The lowest BCUT2D eigenvalue weighted by atomic mass is 9.96. The third kappa shape index (κ3) is 9.16. The molecule has 44 heavy (non-hydrogen) atoms. The van der Waals surface area contributed by atoms with Gasteiger partial charge in [-0.1, -0.05) is 19.9 Å². The molecule has 0 radical (unpaired) electrons. The molecule has 0 saturated carbocycles. The van der Waals surface area contributed by atoms with E-state index in [2.05, 4.69) is 10.2 Å². The van der Waals surface area contributed by atoms with E-state index in [1.807, 2.05) is 39.0 Å². The van der Waals surface area contributed by atoms with Crippen LogP contribution >= 0.6 is 0 Å². The van der Waals surface area contributed by atoms with E-state index in [0.29, 0.717) is 30.9 Å². The Hall–Kier alpha value is -4.17.